The number of nitrogens with zero attached hydrogens (tertiary/aromatic N) is 2. The molecule has 0 aliphatic carbocycles. The SMILES string of the molecule is CNC(=O)c1ccc(OC(F)F)cc1.COc1ccc(C2CC(=O)N(c3cccn(CC(C)OC)c3=O)C2)c(F)c1. The fraction of sp³-hybridized carbons (Fsp3) is 0.345. The van der Waals surface area contributed by atoms with Crippen LogP contribution in [-0.4, -0.2) is 56.9 Å². The molecule has 2 heterocycles. The van der Waals surface area contributed by atoms with E-state index in [-0.39, 0.29) is 48.1 Å². The molecule has 0 spiro atoms. The van der Waals surface area contributed by atoms with Crippen LogP contribution in [0, 0.1) is 5.82 Å². The van der Waals surface area contributed by atoms with Gasteiger partial charge in [0.1, 0.15) is 23.0 Å². The van der Waals surface area contributed by atoms with Crippen molar-refractivity contribution >= 4 is 17.5 Å². The van der Waals surface area contributed by atoms with Crippen LogP contribution in [0.3, 0.4) is 0 Å². The number of rotatable bonds is 9. The highest BCUT2D eigenvalue weighted by Crippen LogP contribution is 2.33. The molecule has 1 fully saturated rings. The smallest absolute Gasteiger partial charge is 0.387 e. The highest BCUT2D eigenvalue weighted by molar-refractivity contribution is 5.96. The molecule has 9 nitrogen and oxygen atoms in total. The summed E-state index contributed by atoms with van der Waals surface area (Å²) in [7, 11) is 4.55. The van der Waals surface area contributed by atoms with Gasteiger partial charge in [0, 0.05) is 50.9 Å². The Labute approximate surface area is 235 Å². The average Bonchev–Trinajstić information content (AvgIpc) is 3.34. The fourth-order valence-corrected chi connectivity index (χ4v) is 4.27. The zero-order valence-corrected chi connectivity index (χ0v) is 23.1. The van der Waals surface area contributed by atoms with Crippen LogP contribution in [0.15, 0.2) is 65.6 Å². The Bertz CT molecular complexity index is 1400. The molecule has 1 saturated heterocycles. The first-order chi connectivity index (χ1) is 19.6. The van der Waals surface area contributed by atoms with Crippen LogP contribution in [-0.2, 0) is 16.1 Å². The van der Waals surface area contributed by atoms with Crippen LogP contribution < -0.4 is 25.2 Å². The van der Waals surface area contributed by atoms with Crippen LogP contribution >= 0.6 is 0 Å². The Hall–Kier alpha value is -4.32. The number of hydrogen-bond acceptors (Lipinski definition) is 6. The summed E-state index contributed by atoms with van der Waals surface area (Å²) in [6.07, 6.45) is 1.70. The summed E-state index contributed by atoms with van der Waals surface area (Å²) in [5.74, 6) is -0.718. The number of hydrogen-bond donors (Lipinski definition) is 1. The lowest BCUT2D eigenvalue weighted by Crippen LogP contribution is -2.34. The lowest BCUT2D eigenvalue weighted by Gasteiger charge is -2.19. The Kier molecular flexibility index (Phi) is 10.9. The minimum atomic E-state index is -2.85. The topological polar surface area (TPSA) is 99.1 Å². The van der Waals surface area contributed by atoms with Crippen LogP contribution in [0.5, 0.6) is 11.5 Å². The van der Waals surface area contributed by atoms with Gasteiger partial charge in [-0.15, -0.1) is 0 Å². The van der Waals surface area contributed by atoms with Gasteiger partial charge in [-0.25, -0.2) is 4.39 Å². The van der Waals surface area contributed by atoms with Crippen LogP contribution in [0.2, 0.25) is 0 Å². The number of benzene rings is 2. The predicted molar refractivity (Wildman–Crippen MR) is 146 cm³/mol. The molecule has 1 aliphatic rings. The number of anilines is 1. The molecule has 2 atom stereocenters. The summed E-state index contributed by atoms with van der Waals surface area (Å²) in [4.78, 5) is 37.8. The summed E-state index contributed by atoms with van der Waals surface area (Å²) in [6, 6.07) is 13.4. The lowest BCUT2D eigenvalue weighted by molar-refractivity contribution is -0.117. The molecule has 3 aromatic rings. The van der Waals surface area contributed by atoms with Crippen molar-refractivity contribution in [3.05, 3.63) is 88.1 Å². The predicted octanol–water partition coefficient (Wildman–Crippen LogP) is 4.20. The summed E-state index contributed by atoms with van der Waals surface area (Å²) in [5, 5.41) is 2.41. The fourth-order valence-electron chi connectivity index (χ4n) is 4.27. The molecule has 12 heteroatoms. The Morgan fingerprint density at radius 1 is 1.07 bits per heavy atom. The number of pyridine rings is 1. The van der Waals surface area contributed by atoms with Gasteiger partial charge in [-0.2, -0.15) is 8.78 Å². The van der Waals surface area contributed by atoms with E-state index >= 15 is 0 Å². The number of carbonyl (C=O) groups excluding carboxylic acids is 2. The normalized spacial score (nSPS) is 15.3. The molecule has 4 rings (SSSR count). The zero-order valence-electron chi connectivity index (χ0n) is 23.1. The summed E-state index contributed by atoms with van der Waals surface area (Å²) in [5.41, 5.74) is 0.901. The van der Waals surface area contributed by atoms with E-state index in [1.54, 1.807) is 37.6 Å². The van der Waals surface area contributed by atoms with Crippen LogP contribution in [0.4, 0.5) is 18.9 Å². The molecule has 0 radical (unpaired) electrons. The lowest BCUT2D eigenvalue weighted by atomic mass is 9.97. The third kappa shape index (κ3) is 8.10. The van der Waals surface area contributed by atoms with Crippen molar-refractivity contribution in [2.75, 3.05) is 32.7 Å². The quantitative estimate of drug-likeness (QED) is 0.411. The second kappa shape index (κ2) is 14.4. The first kappa shape index (κ1) is 31.2. The van der Waals surface area contributed by atoms with E-state index in [9.17, 15) is 27.6 Å². The number of alkyl halides is 2. The van der Waals surface area contributed by atoms with Crippen molar-refractivity contribution in [1.82, 2.24) is 9.88 Å². The molecule has 0 bridgehead atoms. The molecule has 1 aromatic heterocycles. The highest BCUT2D eigenvalue weighted by atomic mass is 19.3. The molecule has 2 aromatic carbocycles. The van der Waals surface area contributed by atoms with E-state index < -0.39 is 12.4 Å². The van der Waals surface area contributed by atoms with Crippen molar-refractivity contribution in [1.29, 1.82) is 0 Å². The van der Waals surface area contributed by atoms with Gasteiger partial charge in [0.15, 0.2) is 0 Å². The van der Waals surface area contributed by atoms with E-state index in [2.05, 4.69) is 10.1 Å². The molecule has 220 valence electrons. The summed E-state index contributed by atoms with van der Waals surface area (Å²) < 4.78 is 53.7. The van der Waals surface area contributed by atoms with Gasteiger partial charge in [0.25, 0.3) is 11.5 Å². The molecule has 41 heavy (non-hydrogen) atoms. The van der Waals surface area contributed by atoms with E-state index in [0.29, 0.717) is 29.1 Å². The zero-order chi connectivity index (χ0) is 30.1. The minimum Gasteiger partial charge on any atom is -0.497 e. The standard InChI is InChI=1S/C20H23FN2O4.C9H9F2NO2/c1-13(26-2)11-22-8-4-5-18(20(22)25)23-12-14(9-19(23)24)16-7-6-15(27-3)10-17(16)21;1-12-8(13)6-2-4-7(5-3-6)14-9(10)11/h4-8,10,13-14H,9,11-12H2,1-3H3;2-5,9H,1H3,(H,12,13). The van der Waals surface area contributed by atoms with Gasteiger partial charge in [-0.05, 0) is 55.0 Å². The maximum atomic E-state index is 14.4. The average molecular weight is 576 g/mol. The summed E-state index contributed by atoms with van der Waals surface area (Å²) in [6.45, 7) is -0.327. The number of aromatic nitrogens is 1. The molecule has 1 N–H and O–H groups in total. The number of nitrogens with one attached hydrogen (secondary N) is 1. The molecule has 2 amide bonds. The number of methoxy groups -OCH3 is 2. The van der Waals surface area contributed by atoms with Gasteiger partial charge in [0.2, 0.25) is 5.91 Å². The van der Waals surface area contributed by atoms with Crippen LogP contribution in [0.25, 0.3) is 0 Å². The maximum absolute atomic E-state index is 14.4. The number of amides is 2. The molecule has 1 aliphatic heterocycles. The maximum Gasteiger partial charge on any atom is 0.387 e. The number of halogens is 3. The minimum absolute atomic E-state index is 0.0349. The molecular weight excluding hydrogens is 543 g/mol. The second-order valence-electron chi connectivity index (χ2n) is 9.17. The summed E-state index contributed by atoms with van der Waals surface area (Å²) >= 11 is 0. The monoisotopic (exact) mass is 575 g/mol. The van der Waals surface area contributed by atoms with Crippen molar-refractivity contribution in [3.63, 3.8) is 0 Å². The Morgan fingerprint density at radius 3 is 2.34 bits per heavy atom. The highest BCUT2D eigenvalue weighted by Gasteiger charge is 2.34. The largest absolute Gasteiger partial charge is 0.497 e. The van der Waals surface area contributed by atoms with E-state index in [0.717, 1.165) is 0 Å². The van der Waals surface area contributed by atoms with Gasteiger partial charge in [-0.1, -0.05) is 6.07 Å². The number of carbonyl (C=O) groups is 2. The molecular formula is C29H32F3N3O6. The third-order valence-electron chi connectivity index (χ3n) is 6.49. The van der Waals surface area contributed by atoms with Gasteiger partial charge < -0.3 is 29.0 Å². The van der Waals surface area contributed by atoms with E-state index in [1.807, 2.05) is 6.92 Å². The Morgan fingerprint density at radius 2 is 1.76 bits per heavy atom. The van der Waals surface area contributed by atoms with Crippen molar-refractivity contribution in [2.45, 2.75) is 38.5 Å². The van der Waals surface area contributed by atoms with Crippen molar-refractivity contribution in [3.8, 4) is 11.5 Å². The Balaban J connectivity index is 0.000000278. The van der Waals surface area contributed by atoms with Crippen molar-refractivity contribution < 1.29 is 37.0 Å². The first-order valence-electron chi connectivity index (χ1n) is 12.7. The number of ether oxygens (including phenoxy) is 3. The van der Waals surface area contributed by atoms with Crippen molar-refractivity contribution in [2.24, 2.45) is 0 Å². The van der Waals surface area contributed by atoms with E-state index in [4.69, 9.17) is 9.47 Å². The van der Waals surface area contributed by atoms with Gasteiger partial charge in [-0.3, -0.25) is 14.4 Å². The third-order valence-corrected chi connectivity index (χ3v) is 6.49. The van der Waals surface area contributed by atoms with Gasteiger partial charge in [0.05, 0.1) is 19.8 Å². The van der Waals surface area contributed by atoms with E-state index in [1.165, 1.54) is 54.0 Å². The molecule has 0 saturated carbocycles. The molecule has 2 unspecified atom stereocenters. The second-order valence-corrected chi connectivity index (χ2v) is 9.17. The van der Waals surface area contributed by atoms with Crippen LogP contribution in [0.1, 0.15) is 35.2 Å². The first-order valence-corrected chi connectivity index (χ1v) is 12.7. The van der Waals surface area contributed by atoms with Gasteiger partial charge >= 0.3 is 6.61 Å².